The molecule has 0 aliphatic heterocycles. The zero-order valence-electron chi connectivity index (χ0n) is 18.2. The molecule has 0 atom stereocenters. The molecular weight excluding hydrogens is 356 g/mol. The molecule has 154 valence electrons. The normalized spacial score (nSPS) is 11.1. The third kappa shape index (κ3) is 9.32. The second kappa shape index (κ2) is 14.7. The Morgan fingerprint density at radius 3 is 1.64 bits per heavy atom. The summed E-state index contributed by atoms with van der Waals surface area (Å²) in [4.78, 5) is 1.40. The fraction of sp³-hybridized carbons (Fsp3) is 0.556. The second-order valence-electron chi connectivity index (χ2n) is 8.00. The van der Waals surface area contributed by atoms with E-state index >= 15 is 0 Å². The Bertz CT molecular complexity index is 554. The molecule has 1 heteroatoms. The molecule has 0 unspecified atom stereocenters. The first-order valence-corrected chi connectivity index (χ1v) is 12.6. The van der Waals surface area contributed by atoms with Crippen molar-refractivity contribution in [1.29, 1.82) is 0 Å². The predicted molar refractivity (Wildman–Crippen MR) is 128 cm³/mol. The van der Waals surface area contributed by atoms with E-state index in [4.69, 9.17) is 0 Å². The van der Waals surface area contributed by atoms with Crippen LogP contribution in [-0.4, -0.2) is 5.75 Å². The van der Waals surface area contributed by atoms with E-state index in [2.05, 4.69) is 62.4 Å². The third-order valence-corrected chi connectivity index (χ3v) is 6.58. The molecule has 2 rings (SSSR count). The van der Waals surface area contributed by atoms with Gasteiger partial charge in [0.15, 0.2) is 0 Å². The quantitative estimate of drug-likeness (QED) is 0.213. The van der Waals surface area contributed by atoms with Crippen molar-refractivity contribution in [2.24, 2.45) is 0 Å². The average Bonchev–Trinajstić information content (AvgIpc) is 2.74. The lowest BCUT2D eigenvalue weighted by Crippen LogP contribution is -1.87. The first-order chi connectivity index (χ1) is 13.8. The molecule has 0 amide bonds. The van der Waals surface area contributed by atoms with Crippen molar-refractivity contribution in [3.63, 3.8) is 0 Å². The van der Waals surface area contributed by atoms with E-state index < -0.39 is 0 Å². The summed E-state index contributed by atoms with van der Waals surface area (Å²) in [5, 5.41) is 0. The summed E-state index contributed by atoms with van der Waals surface area (Å²) in [7, 11) is 0. The Morgan fingerprint density at radius 1 is 0.536 bits per heavy atom. The number of benzene rings is 2. The predicted octanol–water partition coefficient (Wildman–Crippen LogP) is 9.32. The zero-order chi connectivity index (χ0) is 19.9. The molecule has 0 N–H and O–H groups in total. The van der Waals surface area contributed by atoms with Crippen LogP contribution in [0.2, 0.25) is 0 Å². The molecule has 0 spiro atoms. The van der Waals surface area contributed by atoms with Crippen LogP contribution >= 0.6 is 11.8 Å². The Kier molecular flexibility index (Phi) is 12.1. The SMILES string of the molecule is CCCCCCCCc1ccc(-c2ccc(SCCCCCCC)cc2)cc1. The molecule has 2 aromatic rings. The van der Waals surface area contributed by atoms with Gasteiger partial charge < -0.3 is 0 Å². The van der Waals surface area contributed by atoms with E-state index in [1.165, 1.54) is 104 Å². The lowest BCUT2D eigenvalue weighted by atomic mass is 10.0. The summed E-state index contributed by atoms with van der Waals surface area (Å²) in [5.41, 5.74) is 4.15. The zero-order valence-corrected chi connectivity index (χ0v) is 19.0. The number of rotatable bonds is 15. The maximum atomic E-state index is 2.32. The van der Waals surface area contributed by atoms with Gasteiger partial charge in [-0.2, -0.15) is 0 Å². The topological polar surface area (TPSA) is 0 Å². The summed E-state index contributed by atoms with van der Waals surface area (Å²) in [5.74, 6) is 1.25. The van der Waals surface area contributed by atoms with Crippen LogP contribution in [0.5, 0.6) is 0 Å². The van der Waals surface area contributed by atoms with Crippen LogP contribution in [0, 0.1) is 0 Å². The van der Waals surface area contributed by atoms with E-state index in [0.717, 1.165) is 0 Å². The molecule has 0 heterocycles. The standard InChI is InChI=1S/C27H40S/c1-3-5-7-9-10-12-14-24-15-17-25(18-16-24)26-19-21-27(22-20-26)28-23-13-11-8-6-4-2/h15-22H,3-14,23H2,1-2H3. The van der Waals surface area contributed by atoms with E-state index in [0.29, 0.717) is 0 Å². The van der Waals surface area contributed by atoms with Crippen LogP contribution in [0.3, 0.4) is 0 Å². The van der Waals surface area contributed by atoms with Gasteiger partial charge in [-0.3, -0.25) is 0 Å². The van der Waals surface area contributed by atoms with Crippen LogP contribution in [0.15, 0.2) is 53.4 Å². The van der Waals surface area contributed by atoms with Gasteiger partial charge in [0.2, 0.25) is 0 Å². The van der Waals surface area contributed by atoms with Gasteiger partial charge in [0.1, 0.15) is 0 Å². The lowest BCUT2D eigenvalue weighted by molar-refractivity contribution is 0.607. The Labute approximate surface area is 178 Å². The molecule has 2 aromatic carbocycles. The maximum absolute atomic E-state index is 2.32. The van der Waals surface area contributed by atoms with Crippen LogP contribution in [0.25, 0.3) is 11.1 Å². The van der Waals surface area contributed by atoms with E-state index in [1.807, 2.05) is 11.8 Å². The van der Waals surface area contributed by atoms with Crippen molar-refractivity contribution in [3.8, 4) is 11.1 Å². The molecule has 0 aliphatic rings. The number of hydrogen-bond acceptors (Lipinski definition) is 1. The van der Waals surface area contributed by atoms with Crippen molar-refractivity contribution in [2.75, 3.05) is 5.75 Å². The molecule has 0 fully saturated rings. The molecule has 0 saturated heterocycles. The van der Waals surface area contributed by atoms with E-state index in [9.17, 15) is 0 Å². The summed E-state index contributed by atoms with van der Waals surface area (Å²) in [6.45, 7) is 4.56. The van der Waals surface area contributed by atoms with Crippen molar-refractivity contribution in [3.05, 3.63) is 54.1 Å². The molecular formula is C27H40S. The number of thioether (sulfide) groups is 1. The van der Waals surface area contributed by atoms with Crippen LogP contribution < -0.4 is 0 Å². The van der Waals surface area contributed by atoms with Gasteiger partial charge >= 0.3 is 0 Å². The molecule has 28 heavy (non-hydrogen) atoms. The van der Waals surface area contributed by atoms with Gasteiger partial charge in [0.25, 0.3) is 0 Å². The van der Waals surface area contributed by atoms with Crippen LogP contribution in [-0.2, 0) is 6.42 Å². The minimum absolute atomic E-state index is 1.22. The van der Waals surface area contributed by atoms with Crippen LogP contribution in [0.1, 0.15) is 90.0 Å². The summed E-state index contributed by atoms with van der Waals surface area (Å²) in [6, 6.07) is 18.4. The minimum atomic E-state index is 1.22. The first kappa shape index (κ1) is 23.1. The molecule has 0 aliphatic carbocycles. The highest BCUT2D eigenvalue weighted by atomic mass is 32.2. The number of hydrogen-bond donors (Lipinski definition) is 0. The molecule has 0 bridgehead atoms. The highest BCUT2D eigenvalue weighted by Gasteiger charge is 2.01. The van der Waals surface area contributed by atoms with Gasteiger partial charge in [-0.1, -0.05) is 108 Å². The van der Waals surface area contributed by atoms with E-state index in [-0.39, 0.29) is 0 Å². The highest BCUT2D eigenvalue weighted by Crippen LogP contribution is 2.25. The van der Waals surface area contributed by atoms with Crippen LogP contribution in [0.4, 0.5) is 0 Å². The maximum Gasteiger partial charge on any atom is 0.00723 e. The van der Waals surface area contributed by atoms with Crippen molar-refractivity contribution < 1.29 is 0 Å². The van der Waals surface area contributed by atoms with Gasteiger partial charge in [0, 0.05) is 4.90 Å². The average molecular weight is 397 g/mol. The van der Waals surface area contributed by atoms with Gasteiger partial charge in [-0.25, -0.2) is 0 Å². The molecule has 0 saturated carbocycles. The summed E-state index contributed by atoms with van der Waals surface area (Å²) in [6.07, 6.45) is 16.3. The minimum Gasteiger partial charge on any atom is -0.126 e. The number of unbranched alkanes of at least 4 members (excludes halogenated alkanes) is 9. The Morgan fingerprint density at radius 2 is 1.04 bits per heavy atom. The molecule has 0 radical (unpaired) electrons. The Balaban J connectivity index is 1.71. The van der Waals surface area contributed by atoms with Gasteiger partial charge in [0.05, 0.1) is 0 Å². The van der Waals surface area contributed by atoms with Gasteiger partial charge in [-0.05, 0) is 53.8 Å². The number of aryl methyl sites for hydroxylation is 1. The largest absolute Gasteiger partial charge is 0.126 e. The fourth-order valence-electron chi connectivity index (χ4n) is 3.61. The fourth-order valence-corrected chi connectivity index (χ4v) is 4.53. The lowest BCUT2D eigenvalue weighted by Gasteiger charge is -2.07. The third-order valence-electron chi connectivity index (χ3n) is 5.48. The van der Waals surface area contributed by atoms with Crippen molar-refractivity contribution in [2.45, 2.75) is 95.8 Å². The molecule has 0 aromatic heterocycles. The van der Waals surface area contributed by atoms with Crippen molar-refractivity contribution in [1.82, 2.24) is 0 Å². The summed E-state index contributed by atoms with van der Waals surface area (Å²) >= 11 is 2.00. The van der Waals surface area contributed by atoms with E-state index in [1.54, 1.807) is 0 Å². The first-order valence-electron chi connectivity index (χ1n) is 11.7. The monoisotopic (exact) mass is 396 g/mol. The Hall–Kier alpha value is -1.21. The highest BCUT2D eigenvalue weighted by molar-refractivity contribution is 7.99. The van der Waals surface area contributed by atoms with Gasteiger partial charge in [-0.15, -0.1) is 11.8 Å². The second-order valence-corrected chi connectivity index (χ2v) is 9.17. The smallest absolute Gasteiger partial charge is 0.00723 e. The summed E-state index contributed by atoms with van der Waals surface area (Å²) < 4.78 is 0. The molecule has 0 nitrogen and oxygen atoms in total. The van der Waals surface area contributed by atoms with Crippen molar-refractivity contribution >= 4 is 11.8 Å².